The molecule has 0 bridgehead atoms. The van der Waals surface area contributed by atoms with Crippen molar-refractivity contribution >= 4 is 16.9 Å². The van der Waals surface area contributed by atoms with E-state index in [9.17, 15) is 0 Å². The Morgan fingerprint density at radius 3 is 1.08 bits per heavy atom. The normalized spacial score (nSPS) is 11.6. The molecule has 0 N–H and O–H groups in total. The Morgan fingerprint density at radius 2 is 0.654 bits per heavy atom. The maximum Gasteiger partial charge on any atom is 2.00 e. The minimum Gasteiger partial charge on any atom is -0.508 e. The van der Waals surface area contributed by atoms with Crippen molar-refractivity contribution in [2.45, 2.75) is 181 Å². The third kappa shape index (κ3) is 19.8. The van der Waals surface area contributed by atoms with Gasteiger partial charge in [-0.05, 0) is 186 Å². The van der Waals surface area contributed by atoms with Gasteiger partial charge in [0.15, 0.2) is 0 Å². The minimum absolute atomic E-state index is 0. The molecule has 0 unspecified atom stereocenters. The van der Waals surface area contributed by atoms with Crippen molar-refractivity contribution in [3.05, 3.63) is 352 Å². The fraction of sp³-hybridized carbons (Fsp3) is 0.250. The summed E-state index contributed by atoms with van der Waals surface area (Å²) in [5.74, 6) is 4.21. The summed E-state index contributed by atoms with van der Waals surface area (Å²) in [5.41, 5.74) is 29.9. The number of rotatable bonds is 17. The van der Waals surface area contributed by atoms with Crippen LogP contribution in [0.1, 0.15) is 172 Å². The number of nitrogens with zero attached hydrogens (tertiary/aromatic N) is 15. The maximum atomic E-state index is 6.50. The number of aromatic nitrogens is 15. The Balaban J connectivity index is 0.000000164. The molecule has 0 amide bonds. The van der Waals surface area contributed by atoms with Gasteiger partial charge in [0, 0.05) is 138 Å². The Bertz CT molecular complexity index is 7160. The molecule has 0 radical (unpaired) electrons. The average Bonchev–Trinajstić information content (AvgIpc) is 1.56. The van der Waals surface area contributed by atoms with E-state index in [1.54, 1.807) is 6.20 Å². The SMILES string of the molecule is Cc1nn(-c2[c-]c(Oc3[c-]c(-c4cc(C(C)(C)C)ccn4)c4nc(C)c(C)n4c3)ccc2)c(C)c1-c1ccccc1.Cc1nn(-c2[c-]c(Oc3[c-]c(C(C)(C)c4cc(C(C)(C)C)ccn4)c4nc(C)c(C)n4c3)ccc2)c(C)c1-c1ccccc1.Cc1nn(-c2[c-]c(Oc3[c-]c(Oc4cc(C(C)(C)C)ccn4)c4nc(C)c(C)n4c3)ccc2)c(C)c1-c1ccccc1.[Pt+2].[Pt+2].[Pt+2]. The summed E-state index contributed by atoms with van der Waals surface area (Å²) in [6.07, 6.45) is 11.3. The van der Waals surface area contributed by atoms with Crippen LogP contribution < -0.4 is 18.9 Å². The second-order valence-electron chi connectivity index (χ2n) is 36.1. The van der Waals surface area contributed by atoms with Crippen molar-refractivity contribution in [3.63, 3.8) is 0 Å². The molecule has 18 rings (SSSR count). The zero-order valence-electron chi connectivity index (χ0n) is 77.6. The first-order chi connectivity index (χ1) is 60.5. The Labute approximate surface area is 805 Å². The second kappa shape index (κ2) is 38.4. The third-order valence-corrected chi connectivity index (χ3v) is 23.5. The molecule has 0 atom stereocenters. The Hall–Kier alpha value is -12.3. The number of hydrogen-bond donors (Lipinski definition) is 0. The van der Waals surface area contributed by atoms with Gasteiger partial charge in [0.25, 0.3) is 0 Å². The summed E-state index contributed by atoms with van der Waals surface area (Å²) in [5, 5.41) is 14.5. The molecule has 22 heteroatoms. The summed E-state index contributed by atoms with van der Waals surface area (Å²) in [4.78, 5) is 28.5. The predicted octanol–water partition coefficient (Wildman–Crippen LogP) is 25.3. The fourth-order valence-corrected chi connectivity index (χ4v) is 16.0. The number of imidazole rings is 3. The van der Waals surface area contributed by atoms with Crippen LogP contribution in [-0.2, 0) is 84.9 Å². The van der Waals surface area contributed by atoms with Crippen LogP contribution in [0.2, 0.25) is 0 Å². The van der Waals surface area contributed by atoms with Gasteiger partial charge in [-0.25, -0.2) is 4.98 Å². The molecule has 12 aromatic heterocycles. The molecule has 0 aliphatic heterocycles. The topological polar surface area (TPSA) is 181 Å². The number of aryl methyl sites for hydroxylation is 9. The van der Waals surface area contributed by atoms with E-state index in [1.807, 2.05) is 207 Å². The van der Waals surface area contributed by atoms with Crippen molar-refractivity contribution in [1.29, 1.82) is 0 Å². The fourth-order valence-electron chi connectivity index (χ4n) is 16.0. The zero-order chi connectivity index (χ0) is 89.9. The van der Waals surface area contributed by atoms with Gasteiger partial charge in [0.05, 0.1) is 39.9 Å². The average molecular weight is 2260 g/mol. The molecule has 0 saturated heterocycles. The predicted molar refractivity (Wildman–Crippen MR) is 503 cm³/mol. The van der Waals surface area contributed by atoms with E-state index in [0.29, 0.717) is 51.8 Å². The van der Waals surface area contributed by atoms with Gasteiger partial charge >= 0.3 is 63.2 Å². The van der Waals surface area contributed by atoms with E-state index >= 15 is 0 Å². The van der Waals surface area contributed by atoms with Gasteiger partial charge < -0.3 is 37.1 Å². The van der Waals surface area contributed by atoms with E-state index in [1.165, 1.54) is 11.1 Å². The van der Waals surface area contributed by atoms with Crippen LogP contribution in [0.5, 0.6) is 46.1 Å². The first kappa shape index (κ1) is 95.3. The smallest absolute Gasteiger partial charge is 0.508 e. The number of fused-ring (bicyclic) bond motifs is 3. The van der Waals surface area contributed by atoms with Crippen LogP contribution in [0.3, 0.4) is 0 Å². The summed E-state index contributed by atoms with van der Waals surface area (Å²) >= 11 is 0. The number of pyridine rings is 6. The Kier molecular flexibility index (Phi) is 28.2. The van der Waals surface area contributed by atoms with Crippen molar-refractivity contribution in [2.75, 3.05) is 0 Å². The van der Waals surface area contributed by atoms with Crippen molar-refractivity contribution < 1.29 is 82.1 Å². The van der Waals surface area contributed by atoms with Crippen LogP contribution in [0.15, 0.2) is 219 Å². The van der Waals surface area contributed by atoms with Gasteiger partial charge in [0.2, 0.25) is 5.88 Å². The van der Waals surface area contributed by atoms with Gasteiger partial charge in [-0.1, -0.05) is 203 Å². The summed E-state index contributed by atoms with van der Waals surface area (Å²) in [6.45, 7) is 48.6. The van der Waals surface area contributed by atoms with Gasteiger partial charge in [-0.2, -0.15) is 33.5 Å². The summed E-state index contributed by atoms with van der Waals surface area (Å²) in [7, 11) is 0. The largest absolute Gasteiger partial charge is 2.00 e. The van der Waals surface area contributed by atoms with Crippen molar-refractivity contribution in [3.8, 4) is 108 Å². The molecular formula is C108H105N15O4Pt3. The van der Waals surface area contributed by atoms with Crippen LogP contribution in [0, 0.1) is 119 Å². The molecule has 0 spiro atoms. The van der Waals surface area contributed by atoms with E-state index in [2.05, 4.69) is 234 Å². The number of hydrogen-bond acceptors (Lipinski definition) is 13. The molecule has 18 aromatic rings. The first-order valence-electron chi connectivity index (χ1n) is 42.8. The van der Waals surface area contributed by atoms with Crippen molar-refractivity contribution in [1.82, 2.24) is 72.4 Å². The minimum atomic E-state index is -0.491. The van der Waals surface area contributed by atoms with Crippen LogP contribution in [0.4, 0.5) is 0 Å². The van der Waals surface area contributed by atoms with Gasteiger partial charge in [0.1, 0.15) is 0 Å². The second-order valence-corrected chi connectivity index (χ2v) is 36.1. The molecule has 6 aromatic carbocycles. The van der Waals surface area contributed by atoms with Gasteiger partial charge in [-0.3, -0.25) is 34.0 Å². The molecule has 19 nitrogen and oxygen atoms in total. The molecule has 0 aliphatic rings. The first-order valence-corrected chi connectivity index (χ1v) is 42.8. The Morgan fingerprint density at radius 1 is 0.300 bits per heavy atom. The van der Waals surface area contributed by atoms with E-state index in [0.717, 1.165) is 158 Å². The third-order valence-electron chi connectivity index (χ3n) is 23.5. The molecular weight excluding hydrogens is 2160 g/mol. The molecule has 666 valence electrons. The molecule has 130 heavy (non-hydrogen) atoms. The van der Waals surface area contributed by atoms with Crippen LogP contribution in [0.25, 0.3) is 78.6 Å². The summed E-state index contributed by atoms with van der Waals surface area (Å²) < 4.78 is 37.4. The van der Waals surface area contributed by atoms with Crippen molar-refractivity contribution in [2.24, 2.45) is 0 Å². The number of benzene rings is 6. The van der Waals surface area contributed by atoms with E-state index in [-0.39, 0.29) is 79.4 Å². The molecule has 12 heterocycles. The molecule has 0 aliphatic carbocycles. The number of ether oxygens (including phenoxy) is 4. The zero-order valence-corrected chi connectivity index (χ0v) is 84.4. The summed E-state index contributed by atoms with van der Waals surface area (Å²) in [6, 6.07) is 81.5. The standard InChI is InChI=1S/C38H39N5O.C35H33N5O2.C35H33N5O.3Pt/c1-24-26(3)42-23-32(22-33(36(42)40-24)38(8,9)34-20-29(18-19-39-34)37(5,6)7)44-31-17-13-16-30(21-31)43-27(4)35(25(2)41-43)28-14-11-10-12-15-28;1-22-24(3)39-21-30(20-31(34(39)37-22)42-32-18-27(16-17-36-32)35(5,6)7)41-29-15-11-14-28(19-29)40-25(4)33(23(2)38-40)26-12-9-8-10-13-26;1-22-24(3)39-21-30(20-31(34(39)37-22)32-18-27(16-17-36-32)35(5,6)7)41-29-15-11-14-28(19-29)40-25(4)33(23(2)38-40)26-12-9-8-10-13-26;;;/h10-20,23H,1-9H3;8-18,21H,1-7H3;8-18,21H,1-7H3;;;/q3*-2;3*+2. The van der Waals surface area contributed by atoms with Gasteiger partial charge in [-0.15, -0.1) is 66.2 Å². The van der Waals surface area contributed by atoms with Crippen LogP contribution in [-0.4, -0.2) is 72.4 Å². The molecule has 0 saturated carbocycles. The van der Waals surface area contributed by atoms with E-state index < -0.39 is 5.41 Å². The monoisotopic (exact) mass is 2260 g/mol. The van der Waals surface area contributed by atoms with E-state index in [4.69, 9.17) is 59.2 Å². The quantitative estimate of drug-likeness (QED) is 0.0786. The maximum absolute atomic E-state index is 6.50. The molecule has 0 fully saturated rings. The van der Waals surface area contributed by atoms with Crippen LogP contribution >= 0.6 is 0 Å².